The summed E-state index contributed by atoms with van der Waals surface area (Å²) in [6.07, 6.45) is 3.00. The normalized spacial score (nSPS) is 25.9. The van der Waals surface area contributed by atoms with Crippen LogP contribution in [0.1, 0.15) is 45.6 Å². The van der Waals surface area contributed by atoms with Crippen molar-refractivity contribution in [3.63, 3.8) is 0 Å². The molecule has 0 saturated heterocycles. The molecule has 0 N–H and O–H groups in total. The van der Waals surface area contributed by atoms with Crippen LogP contribution in [0.5, 0.6) is 0 Å². The minimum absolute atomic E-state index is 0.0293. The maximum absolute atomic E-state index is 12.2. The molecule has 0 heterocycles. The number of hydrogen-bond acceptors (Lipinski definition) is 1. The van der Waals surface area contributed by atoms with Gasteiger partial charge < -0.3 is 0 Å². The van der Waals surface area contributed by atoms with Gasteiger partial charge >= 0.3 is 0 Å². The molecule has 0 radical (unpaired) electrons. The summed E-state index contributed by atoms with van der Waals surface area (Å²) in [5.41, 5.74) is 1.26. The fourth-order valence-electron chi connectivity index (χ4n) is 3.03. The zero-order chi connectivity index (χ0) is 12.5. The predicted molar refractivity (Wildman–Crippen MR) is 71.0 cm³/mol. The van der Waals surface area contributed by atoms with Crippen molar-refractivity contribution in [2.75, 3.05) is 0 Å². The van der Waals surface area contributed by atoms with Gasteiger partial charge in [-0.2, -0.15) is 0 Å². The van der Waals surface area contributed by atoms with Crippen LogP contribution in [-0.4, -0.2) is 5.78 Å². The Kier molecular flexibility index (Phi) is 3.37. The third kappa shape index (κ3) is 2.43. The van der Waals surface area contributed by atoms with Crippen LogP contribution >= 0.6 is 0 Å². The van der Waals surface area contributed by atoms with Crippen molar-refractivity contribution in [1.29, 1.82) is 0 Å². The molecule has 0 aliphatic heterocycles. The highest BCUT2D eigenvalue weighted by molar-refractivity contribution is 5.83. The van der Waals surface area contributed by atoms with E-state index in [0.717, 1.165) is 12.8 Å². The summed E-state index contributed by atoms with van der Waals surface area (Å²) in [5.74, 6) is 1.23. The molecule has 1 aliphatic carbocycles. The molecular formula is C16H22O. The average molecular weight is 230 g/mol. The first-order chi connectivity index (χ1) is 8.01. The van der Waals surface area contributed by atoms with E-state index in [9.17, 15) is 4.79 Å². The van der Waals surface area contributed by atoms with Crippen molar-refractivity contribution in [2.24, 2.45) is 11.8 Å². The molecule has 0 unspecified atom stereocenters. The van der Waals surface area contributed by atoms with E-state index >= 15 is 0 Å². The lowest BCUT2D eigenvalue weighted by Gasteiger charge is -2.37. The zero-order valence-electron chi connectivity index (χ0n) is 11.1. The van der Waals surface area contributed by atoms with Crippen LogP contribution < -0.4 is 0 Å². The minimum atomic E-state index is -0.0293. The molecular weight excluding hydrogens is 208 g/mol. The van der Waals surface area contributed by atoms with Crippen LogP contribution in [0.15, 0.2) is 30.3 Å². The van der Waals surface area contributed by atoms with Gasteiger partial charge in [0, 0.05) is 12.3 Å². The molecule has 0 aromatic heterocycles. The Morgan fingerprint density at radius 1 is 1.12 bits per heavy atom. The summed E-state index contributed by atoms with van der Waals surface area (Å²) in [6.45, 7) is 6.60. The van der Waals surface area contributed by atoms with E-state index in [1.807, 2.05) is 6.07 Å². The SMILES string of the molecule is C[C@H]1CC[C@@H](C(C)(C)c2ccccc2)C(=O)C1. The highest BCUT2D eigenvalue weighted by Crippen LogP contribution is 2.40. The van der Waals surface area contributed by atoms with Crippen LogP contribution in [-0.2, 0) is 10.2 Å². The van der Waals surface area contributed by atoms with Gasteiger partial charge in [0.2, 0.25) is 0 Å². The topological polar surface area (TPSA) is 17.1 Å². The molecule has 1 fully saturated rings. The third-order valence-corrected chi connectivity index (χ3v) is 4.28. The van der Waals surface area contributed by atoms with Gasteiger partial charge in [0.1, 0.15) is 5.78 Å². The van der Waals surface area contributed by atoms with E-state index in [4.69, 9.17) is 0 Å². The van der Waals surface area contributed by atoms with Crippen LogP contribution in [0.25, 0.3) is 0 Å². The number of rotatable bonds is 2. The van der Waals surface area contributed by atoms with Gasteiger partial charge in [0.05, 0.1) is 0 Å². The molecule has 92 valence electrons. The van der Waals surface area contributed by atoms with E-state index in [1.165, 1.54) is 12.0 Å². The molecule has 1 saturated carbocycles. The van der Waals surface area contributed by atoms with E-state index in [-0.39, 0.29) is 11.3 Å². The number of ketones is 1. The molecule has 2 atom stereocenters. The van der Waals surface area contributed by atoms with Crippen LogP contribution in [0.2, 0.25) is 0 Å². The molecule has 1 aliphatic rings. The quantitative estimate of drug-likeness (QED) is 0.751. The van der Waals surface area contributed by atoms with Crippen molar-refractivity contribution in [3.05, 3.63) is 35.9 Å². The van der Waals surface area contributed by atoms with Crippen molar-refractivity contribution in [3.8, 4) is 0 Å². The number of carbonyl (C=O) groups excluding carboxylic acids is 1. The maximum atomic E-state index is 12.2. The van der Waals surface area contributed by atoms with Crippen molar-refractivity contribution >= 4 is 5.78 Å². The first-order valence-corrected chi connectivity index (χ1v) is 6.60. The fourth-order valence-corrected chi connectivity index (χ4v) is 3.03. The van der Waals surface area contributed by atoms with Crippen LogP contribution in [0, 0.1) is 11.8 Å². The largest absolute Gasteiger partial charge is 0.299 e. The number of Topliss-reactive ketones (excluding diaryl/α,β-unsaturated/α-hetero) is 1. The van der Waals surface area contributed by atoms with E-state index < -0.39 is 0 Å². The molecule has 1 nitrogen and oxygen atoms in total. The summed E-state index contributed by atoms with van der Waals surface area (Å²) >= 11 is 0. The minimum Gasteiger partial charge on any atom is -0.299 e. The first-order valence-electron chi connectivity index (χ1n) is 6.60. The van der Waals surface area contributed by atoms with Gasteiger partial charge in [0.15, 0.2) is 0 Å². The van der Waals surface area contributed by atoms with Gasteiger partial charge in [-0.3, -0.25) is 4.79 Å². The second kappa shape index (κ2) is 4.64. The number of hydrogen-bond donors (Lipinski definition) is 0. The predicted octanol–water partition coefficient (Wildman–Crippen LogP) is 3.97. The Hall–Kier alpha value is -1.11. The Bertz CT molecular complexity index is 391. The van der Waals surface area contributed by atoms with Crippen molar-refractivity contribution in [2.45, 2.75) is 45.4 Å². The lowest BCUT2D eigenvalue weighted by atomic mass is 9.65. The summed E-state index contributed by atoms with van der Waals surface area (Å²) in [5, 5.41) is 0. The van der Waals surface area contributed by atoms with E-state index in [2.05, 4.69) is 45.0 Å². The highest BCUT2D eigenvalue weighted by Gasteiger charge is 2.38. The fraction of sp³-hybridized carbons (Fsp3) is 0.562. The average Bonchev–Trinajstić information content (AvgIpc) is 2.29. The molecule has 0 spiro atoms. The van der Waals surface area contributed by atoms with Gasteiger partial charge in [-0.05, 0) is 29.7 Å². The summed E-state index contributed by atoms with van der Waals surface area (Å²) in [6, 6.07) is 10.4. The first kappa shape index (κ1) is 12.3. The number of benzene rings is 1. The molecule has 1 aromatic carbocycles. The van der Waals surface area contributed by atoms with Crippen molar-refractivity contribution in [1.82, 2.24) is 0 Å². The van der Waals surface area contributed by atoms with Gasteiger partial charge in [-0.15, -0.1) is 0 Å². The Morgan fingerprint density at radius 3 is 2.35 bits per heavy atom. The lowest BCUT2D eigenvalue weighted by molar-refractivity contribution is -0.128. The smallest absolute Gasteiger partial charge is 0.137 e. The lowest BCUT2D eigenvalue weighted by Crippen LogP contribution is -2.38. The molecule has 0 bridgehead atoms. The number of carbonyl (C=O) groups is 1. The van der Waals surface area contributed by atoms with Crippen LogP contribution in [0.3, 0.4) is 0 Å². The Balaban J connectivity index is 2.24. The molecule has 2 rings (SSSR count). The second-order valence-electron chi connectivity index (χ2n) is 5.99. The van der Waals surface area contributed by atoms with Gasteiger partial charge in [0.25, 0.3) is 0 Å². The molecule has 1 heteroatoms. The molecule has 17 heavy (non-hydrogen) atoms. The Labute approximate surface area is 104 Å². The van der Waals surface area contributed by atoms with Gasteiger partial charge in [-0.1, -0.05) is 51.1 Å². The van der Waals surface area contributed by atoms with Crippen LogP contribution in [0.4, 0.5) is 0 Å². The maximum Gasteiger partial charge on any atom is 0.137 e. The zero-order valence-corrected chi connectivity index (χ0v) is 11.1. The highest BCUT2D eigenvalue weighted by atomic mass is 16.1. The van der Waals surface area contributed by atoms with E-state index in [1.54, 1.807) is 0 Å². The van der Waals surface area contributed by atoms with E-state index in [0.29, 0.717) is 11.7 Å². The second-order valence-corrected chi connectivity index (χ2v) is 5.99. The van der Waals surface area contributed by atoms with Gasteiger partial charge in [-0.25, -0.2) is 0 Å². The molecule has 0 amide bonds. The third-order valence-electron chi connectivity index (χ3n) is 4.28. The summed E-state index contributed by atoms with van der Waals surface area (Å²) in [7, 11) is 0. The molecule has 1 aromatic rings. The van der Waals surface area contributed by atoms with Crippen molar-refractivity contribution < 1.29 is 4.79 Å². The monoisotopic (exact) mass is 230 g/mol. The summed E-state index contributed by atoms with van der Waals surface area (Å²) < 4.78 is 0. The summed E-state index contributed by atoms with van der Waals surface area (Å²) in [4.78, 5) is 12.2. The standard InChI is InChI=1S/C16H22O/c1-12-9-10-14(15(17)11-12)16(2,3)13-7-5-4-6-8-13/h4-8,12,14H,9-11H2,1-3H3/t12-,14+/m0/s1. The Morgan fingerprint density at radius 2 is 1.76 bits per heavy atom.